The van der Waals surface area contributed by atoms with Crippen LogP contribution in [0.2, 0.25) is 0 Å². The maximum atomic E-state index is 12.3. The van der Waals surface area contributed by atoms with Gasteiger partial charge in [-0.1, -0.05) is 11.8 Å². The van der Waals surface area contributed by atoms with Gasteiger partial charge < -0.3 is 9.73 Å². The van der Waals surface area contributed by atoms with E-state index in [0.29, 0.717) is 6.04 Å². The molecule has 0 bridgehead atoms. The molecule has 3 heterocycles. The summed E-state index contributed by atoms with van der Waals surface area (Å²) < 4.78 is 7.45. The standard InChI is InChI=1S/C18H19N5O2S/c1-12(15-5-3-9-25-15)20-16(24)11-26-18-22-21-17(23(18)14-6-7-14)13-4-2-8-19-10-13/h2-5,8-10,12,14H,6-7,11H2,1H3,(H,20,24)/t12-/m1/s1. The number of nitrogens with one attached hydrogen (secondary N) is 1. The molecule has 1 atom stereocenters. The summed E-state index contributed by atoms with van der Waals surface area (Å²) in [5.74, 6) is 1.77. The maximum absolute atomic E-state index is 12.3. The van der Waals surface area contributed by atoms with E-state index in [2.05, 4.69) is 25.1 Å². The number of carbonyl (C=O) groups excluding carboxylic acids is 1. The van der Waals surface area contributed by atoms with Gasteiger partial charge in [-0.15, -0.1) is 10.2 Å². The minimum Gasteiger partial charge on any atom is -0.467 e. The first-order valence-corrected chi connectivity index (χ1v) is 9.52. The van der Waals surface area contributed by atoms with Gasteiger partial charge >= 0.3 is 0 Å². The van der Waals surface area contributed by atoms with Gasteiger partial charge in [0.2, 0.25) is 5.91 Å². The molecule has 8 heteroatoms. The van der Waals surface area contributed by atoms with Gasteiger partial charge in [-0.25, -0.2) is 0 Å². The Labute approximate surface area is 155 Å². The fraction of sp³-hybridized carbons (Fsp3) is 0.333. The highest BCUT2D eigenvalue weighted by molar-refractivity contribution is 7.99. The summed E-state index contributed by atoms with van der Waals surface area (Å²) in [5, 5.41) is 12.3. The molecule has 0 aliphatic heterocycles. The lowest BCUT2D eigenvalue weighted by molar-refractivity contribution is -0.119. The zero-order valence-electron chi connectivity index (χ0n) is 14.3. The van der Waals surface area contributed by atoms with Crippen molar-refractivity contribution in [1.82, 2.24) is 25.1 Å². The lowest BCUT2D eigenvalue weighted by atomic mass is 10.2. The molecule has 3 aromatic heterocycles. The molecular weight excluding hydrogens is 350 g/mol. The van der Waals surface area contributed by atoms with Gasteiger partial charge in [0.05, 0.1) is 18.1 Å². The van der Waals surface area contributed by atoms with Gasteiger partial charge in [0.1, 0.15) is 5.76 Å². The molecule has 0 saturated heterocycles. The molecule has 1 aliphatic carbocycles. The van der Waals surface area contributed by atoms with Gasteiger partial charge in [-0.2, -0.15) is 0 Å². The summed E-state index contributed by atoms with van der Waals surface area (Å²) in [5.41, 5.74) is 0.939. The molecule has 4 rings (SSSR count). The van der Waals surface area contributed by atoms with Crippen molar-refractivity contribution in [2.45, 2.75) is 37.0 Å². The van der Waals surface area contributed by atoms with Crippen molar-refractivity contribution >= 4 is 17.7 Å². The quantitative estimate of drug-likeness (QED) is 0.644. The molecule has 1 saturated carbocycles. The molecule has 7 nitrogen and oxygen atoms in total. The van der Waals surface area contributed by atoms with Crippen LogP contribution in [-0.4, -0.2) is 31.4 Å². The lowest BCUT2D eigenvalue weighted by Crippen LogP contribution is -2.28. The van der Waals surface area contributed by atoms with Gasteiger partial charge in [0.25, 0.3) is 0 Å². The van der Waals surface area contributed by atoms with Crippen LogP contribution in [0.3, 0.4) is 0 Å². The minimum absolute atomic E-state index is 0.0628. The largest absolute Gasteiger partial charge is 0.467 e. The smallest absolute Gasteiger partial charge is 0.231 e. The van der Waals surface area contributed by atoms with E-state index in [-0.39, 0.29) is 17.7 Å². The highest BCUT2D eigenvalue weighted by Gasteiger charge is 2.30. The number of amides is 1. The van der Waals surface area contributed by atoms with Crippen LogP contribution in [0, 0.1) is 0 Å². The number of furan rings is 1. The van der Waals surface area contributed by atoms with Crippen LogP contribution in [0.5, 0.6) is 0 Å². The van der Waals surface area contributed by atoms with E-state index in [4.69, 9.17) is 4.42 Å². The molecule has 1 aliphatic rings. The molecule has 1 fully saturated rings. The maximum Gasteiger partial charge on any atom is 0.231 e. The zero-order valence-corrected chi connectivity index (χ0v) is 15.1. The number of rotatable bonds is 7. The summed E-state index contributed by atoms with van der Waals surface area (Å²) in [6.07, 6.45) is 7.35. The number of thioether (sulfide) groups is 1. The van der Waals surface area contributed by atoms with Gasteiger partial charge in [-0.05, 0) is 44.0 Å². The Morgan fingerprint density at radius 3 is 2.96 bits per heavy atom. The van der Waals surface area contributed by atoms with Crippen molar-refractivity contribution in [2.24, 2.45) is 0 Å². The Balaban J connectivity index is 1.44. The third-order valence-electron chi connectivity index (χ3n) is 4.18. The summed E-state index contributed by atoms with van der Waals surface area (Å²) in [7, 11) is 0. The Morgan fingerprint density at radius 1 is 1.38 bits per heavy atom. The third kappa shape index (κ3) is 3.65. The Morgan fingerprint density at radius 2 is 2.27 bits per heavy atom. The van der Waals surface area contributed by atoms with Gasteiger partial charge in [-0.3, -0.25) is 14.3 Å². The predicted octanol–water partition coefficient (Wildman–Crippen LogP) is 3.24. The van der Waals surface area contributed by atoms with Crippen LogP contribution in [0.1, 0.15) is 37.6 Å². The Bertz CT molecular complexity index is 874. The average Bonchev–Trinajstić information content (AvgIpc) is 3.18. The van der Waals surface area contributed by atoms with E-state index in [1.54, 1.807) is 18.7 Å². The fourth-order valence-electron chi connectivity index (χ4n) is 2.75. The fourth-order valence-corrected chi connectivity index (χ4v) is 3.57. The second-order valence-electron chi connectivity index (χ2n) is 6.24. The number of aromatic nitrogens is 4. The zero-order chi connectivity index (χ0) is 17.9. The number of nitrogens with zero attached hydrogens (tertiary/aromatic N) is 4. The Kier molecular flexibility index (Phi) is 4.75. The number of carbonyl (C=O) groups is 1. The lowest BCUT2D eigenvalue weighted by Gasteiger charge is -2.12. The first-order valence-electron chi connectivity index (χ1n) is 8.53. The van der Waals surface area contributed by atoms with Crippen molar-refractivity contribution < 1.29 is 9.21 Å². The van der Waals surface area contributed by atoms with Crippen LogP contribution in [0.15, 0.2) is 52.5 Å². The summed E-state index contributed by atoms with van der Waals surface area (Å²) >= 11 is 1.40. The average molecular weight is 369 g/mol. The normalized spacial score (nSPS) is 15.0. The van der Waals surface area contributed by atoms with E-state index < -0.39 is 0 Å². The number of pyridine rings is 1. The molecule has 0 spiro atoms. The second-order valence-corrected chi connectivity index (χ2v) is 7.18. The first-order chi connectivity index (χ1) is 12.7. The van der Waals surface area contributed by atoms with Gasteiger partial charge in [0.15, 0.2) is 11.0 Å². The van der Waals surface area contributed by atoms with Crippen LogP contribution >= 0.6 is 11.8 Å². The molecule has 3 aromatic rings. The predicted molar refractivity (Wildman–Crippen MR) is 97.5 cm³/mol. The van der Waals surface area contributed by atoms with E-state index in [0.717, 1.165) is 35.1 Å². The topological polar surface area (TPSA) is 85.8 Å². The minimum atomic E-state index is -0.162. The van der Waals surface area contributed by atoms with Crippen molar-refractivity contribution in [3.8, 4) is 11.4 Å². The molecule has 26 heavy (non-hydrogen) atoms. The summed E-state index contributed by atoms with van der Waals surface area (Å²) in [4.78, 5) is 16.4. The van der Waals surface area contributed by atoms with Crippen LogP contribution < -0.4 is 5.32 Å². The molecule has 0 radical (unpaired) electrons. The van der Waals surface area contributed by atoms with Crippen molar-refractivity contribution in [3.05, 3.63) is 48.7 Å². The SMILES string of the molecule is C[C@@H](NC(=O)CSc1nnc(-c2cccnc2)n1C1CC1)c1ccco1. The van der Waals surface area contributed by atoms with Crippen LogP contribution in [-0.2, 0) is 4.79 Å². The molecule has 0 unspecified atom stereocenters. The first kappa shape index (κ1) is 16.8. The van der Waals surface area contributed by atoms with E-state index in [1.165, 1.54) is 11.8 Å². The van der Waals surface area contributed by atoms with Crippen molar-refractivity contribution in [2.75, 3.05) is 5.75 Å². The van der Waals surface area contributed by atoms with Crippen molar-refractivity contribution in [1.29, 1.82) is 0 Å². The summed E-state index contributed by atoms with van der Waals surface area (Å²) in [6, 6.07) is 7.77. The number of hydrogen-bond donors (Lipinski definition) is 1. The van der Waals surface area contributed by atoms with E-state index >= 15 is 0 Å². The van der Waals surface area contributed by atoms with E-state index in [9.17, 15) is 4.79 Å². The third-order valence-corrected chi connectivity index (χ3v) is 5.12. The highest BCUT2D eigenvalue weighted by atomic mass is 32.2. The molecule has 0 aromatic carbocycles. The van der Waals surface area contributed by atoms with E-state index in [1.807, 2.05) is 31.2 Å². The molecule has 134 valence electrons. The van der Waals surface area contributed by atoms with Crippen molar-refractivity contribution in [3.63, 3.8) is 0 Å². The van der Waals surface area contributed by atoms with Crippen LogP contribution in [0.4, 0.5) is 0 Å². The van der Waals surface area contributed by atoms with Gasteiger partial charge in [0, 0.05) is 24.0 Å². The molecular formula is C18H19N5O2S. The molecule has 1 amide bonds. The number of hydrogen-bond acceptors (Lipinski definition) is 6. The Hall–Kier alpha value is -2.61. The van der Waals surface area contributed by atoms with Crippen LogP contribution in [0.25, 0.3) is 11.4 Å². The second kappa shape index (κ2) is 7.33. The highest BCUT2D eigenvalue weighted by Crippen LogP contribution is 2.40. The molecule has 1 N–H and O–H groups in total. The summed E-state index contributed by atoms with van der Waals surface area (Å²) in [6.45, 7) is 1.90. The monoisotopic (exact) mass is 369 g/mol.